The van der Waals surface area contributed by atoms with Crippen molar-refractivity contribution in [3.05, 3.63) is 40.4 Å². The fourth-order valence-corrected chi connectivity index (χ4v) is 6.39. The third-order valence-electron chi connectivity index (χ3n) is 5.87. The minimum atomic E-state index is -3.49. The van der Waals surface area contributed by atoms with Gasteiger partial charge < -0.3 is 9.64 Å². The molecule has 4 rings (SSSR count). The molecule has 2 aliphatic heterocycles. The quantitative estimate of drug-likeness (QED) is 0.686. The first-order valence-electron chi connectivity index (χ1n) is 10.00. The smallest absolute Gasteiger partial charge is 0.273 e. The third-order valence-corrected chi connectivity index (χ3v) is 8.84. The van der Waals surface area contributed by atoms with E-state index in [1.807, 2.05) is 12.3 Å². The number of nitrogens with zero attached hydrogens (tertiary/aromatic N) is 3. The van der Waals surface area contributed by atoms with Crippen LogP contribution >= 0.6 is 22.9 Å². The molecule has 0 spiro atoms. The predicted octanol–water partition coefficient (Wildman–Crippen LogP) is 3.80. The number of benzene rings is 1. The average Bonchev–Trinajstić information content (AvgIpc) is 3.24. The molecule has 0 saturated carbocycles. The van der Waals surface area contributed by atoms with Gasteiger partial charge in [-0.15, -0.1) is 0 Å². The van der Waals surface area contributed by atoms with Gasteiger partial charge in [0.1, 0.15) is 6.10 Å². The Kier molecular flexibility index (Phi) is 6.46. The van der Waals surface area contributed by atoms with E-state index in [2.05, 4.69) is 9.88 Å². The molecule has 2 fully saturated rings. The lowest BCUT2D eigenvalue weighted by Crippen LogP contribution is -2.50. The summed E-state index contributed by atoms with van der Waals surface area (Å²) in [5.74, 6) is 0. The number of piperidine rings is 2. The molecule has 6 nitrogen and oxygen atoms in total. The first kappa shape index (κ1) is 21.1. The van der Waals surface area contributed by atoms with Crippen LogP contribution < -0.4 is 4.74 Å². The van der Waals surface area contributed by atoms with Crippen LogP contribution in [0.2, 0.25) is 5.02 Å². The largest absolute Gasteiger partial charge is 0.467 e. The maximum atomic E-state index is 13.0. The van der Waals surface area contributed by atoms with E-state index < -0.39 is 10.0 Å². The molecule has 2 saturated heterocycles. The Balaban J connectivity index is 1.30. The number of hydrogen-bond acceptors (Lipinski definition) is 6. The summed E-state index contributed by atoms with van der Waals surface area (Å²) in [6.45, 7) is 4.94. The molecule has 3 heterocycles. The van der Waals surface area contributed by atoms with Gasteiger partial charge in [-0.05, 0) is 50.3 Å². The number of aryl methyl sites for hydroxylation is 1. The number of halogens is 1. The van der Waals surface area contributed by atoms with Gasteiger partial charge in [0.2, 0.25) is 10.0 Å². The van der Waals surface area contributed by atoms with Crippen LogP contribution in [0.5, 0.6) is 5.19 Å². The van der Waals surface area contributed by atoms with E-state index in [-0.39, 0.29) is 11.0 Å². The van der Waals surface area contributed by atoms with Crippen LogP contribution in [0.1, 0.15) is 31.2 Å². The van der Waals surface area contributed by atoms with E-state index in [0.717, 1.165) is 49.5 Å². The van der Waals surface area contributed by atoms with E-state index >= 15 is 0 Å². The second kappa shape index (κ2) is 8.89. The maximum absolute atomic E-state index is 13.0. The lowest BCUT2D eigenvalue weighted by molar-refractivity contribution is 0.0584. The summed E-state index contributed by atoms with van der Waals surface area (Å²) in [5, 5.41) is 3.17. The topological polar surface area (TPSA) is 62.7 Å². The molecular weight excluding hydrogens is 430 g/mol. The fraction of sp³-hybridized carbons (Fsp3) is 0.550. The molecule has 0 radical (unpaired) electrons. The Bertz CT molecular complexity index is 920. The van der Waals surface area contributed by atoms with Gasteiger partial charge in [-0.3, -0.25) is 0 Å². The predicted molar refractivity (Wildman–Crippen MR) is 115 cm³/mol. The van der Waals surface area contributed by atoms with Gasteiger partial charge >= 0.3 is 0 Å². The van der Waals surface area contributed by atoms with E-state index in [9.17, 15) is 8.42 Å². The van der Waals surface area contributed by atoms with Gasteiger partial charge in [-0.25, -0.2) is 13.4 Å². The first-order chi connectivity index (χ1) is 13.9. The monoisotopic (exact) mass is 455 g/mol. The lowest BCUT2D eigenvalue weighted by atomic mass is 10.00. The number of aromatic nitrogens is 1. The molecule has 0 N–H and O–H groups in total. The van der Waals surface area contributed by atoms with Crippen molar-refractivity contribution in [2.45, 2.75) is 49.6 Å². The van der Waals surface area contributed by atoms with Crippen molar-refractivity contribution in [2.24, 2.45) is 0 Å². The van der Waals surface area contributed by atoms with Gasteiger partial charge in [0.25, 0.3) is 5.19 Å². The summed E-state index contributed by atoms with van der Waals surface area (Å²) < 4.78 is 33.5. The van der Waals surface area contributed by atoms with E-state index in [4.69, 9.17) is 16.3 Å². The normalized spacial score (nSPS) is 20.8. The zero-order valence-electron chi connectivity index (χ0n) is 16.5. The van der Waals surface area contributed by atoms with Crippen molar-refractivity contribution >= 4 is 33.0 Å². The molecule has 29 heavy (non-hydrogen) atoms. The summed E-state index contributed by atoms with van der Waals surface area (Å²) >= 11 is 7.67. The second-order valence-electron chi connectivity index (χ2n) is 7.70. The van der Waals surface area contributed by atoms with E-state index in [1.165, 1.54) is 11.3 Å². The minimum Gasteiger partial charge on any atom is -0.467 e. The molecular formula is C20H26ClN3O3S2. The van der Waals surface area contributed by atoms with Gasteiger partial charge in [0.15, 0.2) is 0 Å². The average molecular weight is 456 g/mol. The number of thiazole rings is 1. The highest BCUT2D eigenvalue weighted by Gasteiger charge is 2.33. The Morgan fingerprint density at radius 1 is 1.14 bits per heavy atom. The Labute approximate surface area is 181 Å². The van der Waals surface area contributed by atoms with E-state index in [1.54, 1.807) is 28.7 Å². The highest BCUT2D eigenvalue weighted by atomic mass is 35.5. The summed E-state index contributed by atoms with van der Waals surface area (Å²) in [5.41, 5.74) is 0.881. The van der Waals surface area contributed by atoms with Crippen LogP contribution in [0.3, 0.4) is 0 Å². The zero-order chi connectivity index (χ0) is 20.4. The number of rotatable bonds is 5. The number of hydrogen-bond donors (Lipinski definition) is 0. The summed E-state index contributed by atoms with van der Waals surface area (Å²) in [6, 6.07) is 5.41. The van der Waals surface area contributed by atoms with Crippen molar-refractivity contribution in [3.8, 4) is 5.19 Å². The van der Waals surface area contributed by atoms with Crippen LogP contribution in [-0.2, 0) is 10.0 Å². The Morgan fingerprint density at radius 2 is 1.86 bits per heavy atom. The summed E-state index contributed by atoms with van der Waals surface area (Å²) in [6.07, 6.45) is 5.68. The van der Waals surface area contributed by atoms with Gasteiger partial charge in [0, 0.05) is 48.8 Å². The third kappa shape index (κ3) is 4.77. The van der Waals surface area contributed by atoms with Crippen molar-refractivity contribution in [1.29, 1.82) is 0 Å². The standard InChI is InChI=1S/C20H26ClN3O3S2/c1-15-2-3-18(14-19(15)21)29(25,26)24-11-4-16(5-12-24)23-9-6-17(7-10-23)27-20-22-8-13-28-20/h2-3,8,13-14,16-17H,4-7,9-12H2,1H3. The molecule has 0 aliphatic carbocycles. The number of sulfonamides is 1. The molecule has 0 atom stereocenters. The molecule has 2 aromatic rings. The first-order valence-corrected chi connectivity index (χ1v) is 12.7. The molecule has 1 aromatic heterocycles. The van der Waals surface area contributed by atoms with Crippen molar-refractivity contribution in [3.63, 3.8) is 0 Å². The summed E-state index contributed by atoms with van der Waals surface area (Å²) in [7, 11) is -3.49. The van der Waals surface area contributed by atoms with Crippen LogP contribution in [0.4, 0.5) is 0 Å². The molecule has 9 heteroatoms. The van der Waals surface area contributed by atoms with Gasteiger partial charge in [0.05, 0.1) is 4.90 Å². The van der Waals surface area contributed by atoms with Crippen LogP contribution in [-0.4, -0.2) is 60.9 Å². The number of likely N-dealkylation sites (tertiary alicyclic amines) is 1. The van der Waals surface area contributed by atoms with Crippen molar-refractivity contribution in [2.75, 3.05) is 26.2 Å². The highest BCUT2D eigenvalue weighted by molar-refractivity contribution is 7.89. The number of ether oxygens (including phenoxy) is 1. The van der Waals surface area contributed by atoms with Crippen molar-refractivity contribution < 1.29 is 13.2 Å². The molecule has 0 unspecified atom stereocenters. The Hall–Kier alpha value is -1.19. The molecule has 1 aromatic carbocycles. The Morgan fingerprint density at radius 3 is 2.48 bits per heavy atom. The van der Waals surface area contributed by atoms with E-state index in [0.29, 0.717) is 24.2 Å². The van der Waals surface area contributed by atoms with Crippen LogP contribution in [0.15, 0.2) is 34.7 Å². The fourth-order valence-electron chi connectivity index (χ4n) is 4.10. The maximum Gasteiger partial charge on any atom is 0.273 e. The van der Waals surface area contributed by atoms with Gasteiger partial charge in [-0.1, -0.05) is 29.0 Å². The van der Waals surface area contributed by atoms with Crippen molar-refractivity contribution in [1.82, 2.24) is 14.2 Å². The zero-order valence-corrected chi connectivity index (χ0v) is 18.8. The molecule has 0 amide bonds. The highest BCUT2D eigenvalue weighted by Crippen LogP contribution is 2.28. The van der Waals surface area contributed by atoms with Gasteiger partial charge in [-0.2, -0.15) is 4.31 Å². The SMILES string of the molecule is Cc1ccc(S(=O)(=O)N2CCC(N3CCC(Oc4nccs4)CC3)CC2)cc1Cl. The second-order valence-corrected chi connectivity index (χ2v) is 10.9. The summed E-state index contributed by atoms with van der Waals surface area (Å²) in [4.78, 5) is 6.98. The molecule has 2 aliphatic rings. The lowest BCUT2D eigenvalue weighted by Gasteiger charge is -2.41. The molecule has 158 valence electrons. The molecule has 0 bridgehead atoms. The van der Waals surface area contributed by atoms with Crippen LogP contribution in [0.25, 0.3) is 0 Å². The van der Waals surface area contributed by atoms with Crippen LogP contribution in [0, 0.1) is 6.92 Å². The minimum absolute atomic E-state index is 0.226.